The van der Waals surface area contributed by atoms with Crippen molar-refractivity contribution in [3.8, 4) is 0 Å². The second-order valence-corrected chi connectivity index (χ2v) is 4.31. The van der Waals surface area contributed by atoms with Crippen LogP contribution < -0.4 is 11.1 Å². The van der Waals surface area contributed by atoms with Crippen LogP contribution in [0, 0.1) is 6.92 Å². The molecule has 110 valence electrons. The predicted molar refractivity (Wildman–Crippen MR) is 88.9 cm³/mol. The molecule has 0 amide bonds. The van der Waals surface area contributed by atoms with E-state index in [1.54, 1.807) is 0 Å². The van der Waals surface area contributed by atoms with Crippen molar-refractivity contribution in [3.05, 3.63) is 29.3 Å². The molecule has 0 fully saturated rings. The fourth-order valence-electron chi connectivity index (χ4n) is 1.68. The maximum atomic E-state index is 5.76. The Bertz CT molecular complexity index is 406. The molecule has 0 radical (unpaired) electrons. The Kier molecular flexibility index (Phi) is 10.6. The molecule has 0 aromatic heterocycles. The summed E-state index contributed by atoms with van der Waals surface area (Å²) in [6.45, 7) is 5.67. The number of nitrogens with one attached hydrogen (secondary N) is 1. The zero-order chi connectivity index (χ0) is 12.8. The van der Waals surface area contributed by atoms with Gasteiger partial charge in [0.2, 0.25) is 0 Å². The first-order valence-electron chi connectivity index (χ1n) is 5.84. The SMILES string of the molecule is CCN=C(N)Nc1cccc(CN(C)C)c1C.Cl.Cl. The number of halogens is 2. The van der Waals surface area contributed by atoms with Crippen molar-refractivity contribution in [1.82, 2.24) is 4.90 Å². The lowest BCUT2D eigenvalue weighted by atomic mass is 10.1. The van der Waals surface area contributed by atoms with Crippen molar-refractivity contribution in [2.24, 2.45) is 10.7 Å². The third kappa shape index (κ3) is 6.66. The lowest BCUT2D eigenvalue weighted by molar-refractivity contribution is 0.401. The molecule has 4 nitrogen and oxygen atoms in total. The van der Waals surface area contributed by atoms with Crippen molar-refractivity contribution in [1.29, 1.82) is 0 Å². The minimum atomic E-state index is 0. The van der Waals surface area contributed by atoms with Gasteiger partial charge in [-0.1, -0.05) is 12.1 Å². The van der Waals surface area contributed by atoms with Gasteiger partial charge in [0.1, 0.15) is 0 Å². The first-order valence-corrected chi connectivity index (χ1v) is 5.84. The standard InChI is InChI=1S/C13H22N4.2ClH/c1-5-15-13(14)16-12-8-6-7-11(10(12)2)9-17(3)4;;/h6-8H,5,9H2,1-4H3,(H3,14,15,16);2*1H. The topological polar surface area (TPSA) is 53.6 Å². The van der Waals surface area contributed by atoms with Crippen LogP contribution in [-0.2, 0) is 6.54 Å². The number of rotatable bonds is 4. The quantitative estimate of drug-likeness (QED) is 0.664. The lowest BCUT2D eigenvalue weighted by Gasteiger charge is -2.15. The van der Waals surface area contributed by atoms with Gasteiger partial charge < -0.3 is 16.0 Å². The zero-order valence-corrected chi connectivity index (χ0v) is 13.6. The number of benzene rings is 1. The van der Waals surface area contributed by atoms with E-state index in [0.29, 0.717) is 12.5 Å². The van der Waals surface area contributed by atoms with Crippen LogP contribution in [0.15, 0.2) is 23.2 Å². The molecule has 6 heteroatoms. The maximum Gasteiger partial charge on any atom is 0.193 e. The van der Waals surface area contributed by atoms with Crippen LogP contribution in [0.3, 0.4) is 0 Å². The molecule has 0 saturated heterocycles. The molecule has 1 aromatic rings. The smallest absolute Gasteiger partial charge is 0.193 e. The molecule has 0 aliphatic rings. The minimum Gasteiger partial charge on any atom is -0.370 e. The van der Waals surface area contributed by atoms with Gasteiger partial charge in [0.25, 0.3) is 0 Å². The molecular weight excluding hydrogens is 283 g/mol. The fourth-order valence-corrected chi connectivity index (χ4v) is 1.68. The fraction of sp³-hybridized carbons (Fsp3) is 0.462. The maximum absolute atomic E-state index is 5.76. The number of hydrogen-bond donors (Lipinski definition) is 2. The van der Waals surface area contributed by atoms with E-state index < -0.39 is 0 Å². The molecule has 0 spiro atoms. The van der Waals surface area contributed by atoms with E-state index in [1.807, 2.05) is 19.1 Å². The number of nitrogens with zero attached hydrogens (tertiary/aromatic N) is 2. The molecule has 3 N–H and O–H groups in total. The van der Waals surface area contributed by atoms with E-state index in [2.05, 4.69) is 42.3 Å². The molecule has 0 aliphatic carbocycles. The summed E-state index contributed by atoms with van der Waals surface area (Å²) >= 11 is 0. The highest BCUT2D eigenvalue weighted by Gasteiger charge is 2.05. The molecule has 0 unspecified atom stereocenters. The average molecular weight is 307 g/mol. The van der Waals surface area contributed by atoms with Crippen LogP contribution in [0.4, 0.5) is 5.69 Å². The van der Waals surface area contributed by atoms with Crippen molar-refractivity contribution < 1.29 is 0 Å². The zero-order valence-electron chi connectivity index (χ0n) is 11.9. The summed E-state index contributed by atoms with van der Waals surface area (Å²) in [5, 5.41) is 3.13. The monoisotopic (exact) mass is 306 g/mol. The average Bonchev–Trinajstić information content (AvgIpc) is 2.23. The Morgan fingerprint density at radius 1 is 1.32 bits per heavy atom. The van der Waals surface area contributed by atoms with Gasteiger partial charge in [-0.25, -0.2) is 0 Å². The highest BCUT2D eigenvalue weighted by molar-refractivity contribution is 5.93. The van der Waals surface area contributed by atoms with E-state index in [4.69, 9.17) is 5.73 Å². The van der Waals surface area contributed by atoms with E-state index in [-0.39, 0.29) is 24.8 Å². The number of guanidine groups is 1. The molecule has 0 heterocycles. The highest BCUT2D eigenvalue weighted by atomic mass is 35.5. The van der Waals surface area contributed by atoms with Crippen LogP contribution in [0.1, 0.15) is 18.1 Å². The second-order valence-electron chi connectivity index (χ2n) is 4.31. The lowest BCUT2D eigenvalue weighted by Crippen LogP contribution is -2.23. The predicted octanol–water partition coefficient (Wildman–Crippen LogP) is 2.65. The first-order chi connectivity index (χ1) is 8.04. The van der Waals surface area contributed by atoms with Crippen molar-refractivity contribution in [2.75, 3.05) is 26.0 Å². The summed E-state index contributed by atoms with van der Waals surface area (Å²) < 4.78 is 0. The van der Waals surface area contributed by atoms with E-state index in [9.17, 15) is 0 Å². The Labute approximate surface area is 128 Å². The number of nitrogens with two attached hydrogens (primary N) is 1. The Hall–Kier alpha value is -0.970. The summed E-state index contributed by atoms with van der Waals surface area (Å²) in [7, 11) is 4.12. The number of aliphatic imine (C=N–C) groups is 1. The van der Waals surface area contributed by atoms with E-state index in [1.165, 1.54) is 11.1 Å². The van der Waals surface area contributed by atoms with E-state index >= 15 is 0 Å². The Morgan fingerprint density at radius 2 is 1.95 bits per heavy atom. The number of anilines is 1. The summed E-state index contributed by atoms with van der Waals surface area (Å²) in [6, 6.07) is 6.19. The summed E-state index contributed by atoms with van der Waals surface area (Å²) in [6.07, 6.45) is 0. The first kappa shape index (κ1) is 20.3. The molecule has 0 aliphatic heterocycles. The van der Waals surface area contributed by atoms with Crippen molar-refractivity contribution in [2.45, 2.75) is 20.4 Å². The summed E-state index contributed by atoms with van der Waals surface area (Å²) in [4.78, 5) is 6.27. The van der Waals surface area contributed by atoms with Gasteiger partial charge in [-0.15, -0.1) is 24.8 Å². The largest absolute Gasteiger partial charge is 0.370 e. The summed E-state index contributed by atoms with van der Waals surface area (Å²) in [5.41, 5.74) is 9.31. The Morgan fingerprint density at radius 3 is 2.47 bits per heavy atom. The van der Waals surface area contributed by atoms with Gasteiger partial charge in [-0.05, 0) is 45.1 Å². The number of hydrogen-bond acceptors (Lipinski definition) is 2. The van der Waals surface area contributed by atoms with Crippen LogP contribution >= 0.6 is 24.8 Å². The van der Waals surface area contributed by atoms with Crippen LogP contribution in [-0.4, -0.2) is 31.5 Å². The molecule has 0 saturated carbocycles. The molecule has 0 bridgehead atoms. The van der Waals surface area contributed by atoms with Crippen LogP contribution in [0.2, 0.25) is 0 Å². The Balaban J connectivity index is 0. The normalized spacial score (nSPS) is 10.7. The molecular formula is C13H24Cl2N4. The van der Waals surface area contributed by atoms with Gasteiger partial charge in [0.15, 0.2) is 5.96 Å². The third-order valence-electron chi connectivity index (χ3n) is 2.52. The van der Waals surface area contributed by atoms with Crippen LogP contribution in [0.5, 0.6) is 0 Å². The highest BCUT2D eigenvalue weighted by Crippen LogP contribution is 2.19. The van der Waals surface area contributed by atoms with Gasteiger partial charge in [-0.2, -0.15) is 0 Å². The van der Waals surface area contributed by atoms with Gasteiger partial charge in [0, 0.05) is 18.8 Å². The van der Waals surface area contributed by atoms with Gasteiger partial charge in [0.05, 0.1) is 0 Å². The molecule has 1 rings (SSSR count). The van der Waals surface area contributed by atoms with Crippen molar-refractivity contribution in [3.63, 3.8) is 0 Å². The van der Waals surface area contributed by atoms with E-state index in [0.717, 1.165) is 12.2 Å². The molecule has 1 aromatic carbocycles. The molecule has 19 heavy (non-hydrogen) atoms. The van der Waals surface area contributed by atoms with Gasteiger partial charge in [-0.3, -0.25) is 4.99 Å². The van der Waals surface area contributed by atoms with Crippen molar-refractivity contribution >= 4 is 36.5 Å². The third-order valence-corrected chi connectivity index (χ3v) is 2.52. The summed E-state index contributed by atoms with van der Waals surface area (Å²) in [5.74, 6) is 0.470. The minimum absolute atomic E-state index is 0. The van der Waals surface area contributed by atoms with Gasteiger partial charge >= 0.3 is 0 Å². The second kappa shape index (κ2) is 9.89. The molecule has 0 atom stereocenters. The van der Waals surface area contributed by atoms with Crippen LogP contribution in [0.25, 0.3) is 0 Å².